The van der Waals surface area contributed by atoms with Crippen molar-refractivity contribution < 1.29 is 14.3 Å². The molecule has 1 aliphatic heterocycles. The zero-order valence-corrected chi connectivity index (χ0v) is 14.5. The molecule has 2 aromatic rings. The molecule has 5 heteroatoms. The normalized spacial score (nSPS) is 16.2. The van der Waals surface area contributed by atoms with Gasteiger partial charge in [0.25, 0.3) is 5.91 Å². The maximum absolute atomic E-state index is 12.1. The highest BCUT2D eigenvalue weighted by Gasteiger charge is 2.28. The fourth-order valence-corrected chi connectivity index (χ4v) is 2.91. The highest BCUT2D eigenvalue weighted by molar-refractivity contribution is 5.99. The molecule has 1 unspecified atom stereocenters. The summed E-state index contributed by atoms with van der Waals surface area (Å²) in [6.07, 6.45) is 0.601. The Labute approximate surface area is 147 Å². The van der Waals surface area contributed by atoms with Crippen LogP contribution < -0.4 is 15.0 Å². The smallest absolute Gasteiger partial charge is 0.267 e. The Morgan fingerprint density at radius 3 is 2.68 bits per heavy atom. The summed E-state index contributed by atoms with van der Waals surface area (Å²) in [4.78, 5) is 25.7. The Hall–Kier alpha value is -2.82. The van der Waals surface area contributed by atoms with Crippen LogP contribution in [0.25, 0.3) is 0 Å². The number of hydrogen-bond acceptors (Lipinski definition) is 3. The summed E-state index contributed by atoms with van der Waals surface area (Å²) in [5.41, 5.74) is 2.76. The van der Waals surface area contributed by atoms with Crippen LogP contribution in [-0.2, 0) is 22.4 Å². The lowest BCUT2D eigenvalue weighted by Gasteiger charge is -2.30. The number of likely N-dealkylation sites (N-methyl/N-ethyl adjacent to an activating group) is 1. The van der Waals surface area contributed by atoms with E-state index in [-0.39, 0.29) is 18.2 Å². The topological polar surface area (TPSA) is 58.6 Å². The van der Waals surface area contributed by atoms with Crippen LogP contribution >= 0.6 is 0 Å². The molecule has 1 aliphatic rings. The Balaban J connectivity index is 1.58. The first-order valence-corrected chi connectivity index (χ1v) is 8.42. The third-order valence-electron chi connectivity index (χ3n) is 4.31. The minimum absolute atomic E-state index is 0.0324. The third-order valence-corrected chi connectivity index (χ3v) is 4.31. The highest BCUT2D eigenvalue weighted by Crippen LogP contribution is 2.33. The molecule has 0 aromatic heterocycles. The molecule has 0 fully saturated rings. The van der Waals surface area contributed by atoms with Crippen LogP contribution in [0.4, 0.5) is 5.69 Å². The number of hydrogen-bond donors (Lipinski definition) is 1. The lowest BCUT2D eigenvalue weighted by molar-refractivity contribution is -0.125. The van der Waals surface area contributed by atoms with Gasteiger partial charge in [0.1, 0.15) is 5.75 Å². The molecule has 0 saturated carbocycles. The molecule has 0 saturated heterocycles. The quantitative estimate of drug-likeness (QED) is 0.910. The Morgan fingerprint density at radius 1 is 1.16 bits per heavy atom. The number of benzene rings is 2. The standard InChI is InChI=1S/C20H22N2O3/c1-14-20(24)22(2)17-12-16(8-9-18(17)25-14)13-19(23)21-11-10-15-6-4-3-5-7-15/h3-9,12,14H,10-11,13H2,1-2H3,(H,21,23). The summed E-state index contributed by atoms with van der Waals surface area (Å²) >= 11 is 0. The van der Waals surface area contributed by atoms with Crippen LogP contribution in [0.15, 0.2) is 48.5 Å². The second kappa shape index (κ2) is 7.38. The molecule has 3 rings (SSSR count). The number of nitrogens with zero attached hydrogens (tertiary/aromatic N) is 1. The highest BCUT2D eigenvalue weighted by atomic mass is 16.5. The summed E-state index contributed by atoms with van der Waals surface area (Å²) in [5, 5.41) is 2.94. The Bertz CT molecular complexity index is 774. The van der Waals surface area contributed by atoms with E-state index in [0.29, 0.717) is 18.0 Å². The number of nitrogens with one attached hydrogen (secondary N) is 1. The number of fused-ring (bicyclic) bond motifs is 1. The number of ether oxygens (including phenoxy) is 1. The molecule has 1 N–H and O–H groups in total. The Kier molecular flexibility index (Phi) is 5.03. The predicted octanol–water partition coefficient (Wildman–Crippen LogP) is 2.33. The maximum atomic E-state index is 12.1. The van der Waals surface area contributed by atoms with Crippen LogP contribution in [0.1, 0.15) is 18.1 Å². The van der Waals surface area contributed by atoms with E-state index in [1.807, 2.05) is 48.5 Å². The summed E-state index contributed by atoms with van der Waals surface area (Å²) < 4.78 is 5.60. The third kappa shape index (κ3) is 3.99. The Morgan fingerprint density at radius 2 is 1.92 bits per heavy atom. The first-order valence-electron chi connectivity index (χ1n) is 8.42. The van der Waals surface area contributed by atoms with Crippen molar-refractivity contribution in [1.82, 2.24) is 5.32 Å². The molecule has 0 spiro atoms. The van der Waals surface area contributed by atoms with Crippen molar-refractivity contribution >= 4 is 17.5 Å². The van der Waals surface area contributed by atoms with Gasteiger partial charge in [0.05, 0.1) is 12.1 Å². The molecule has 1 heterocycles. The van der Waals surface area contributed by atoms with Crippen molar-refractivity contribution in [2.24, 2.45) is 0 Å². The molecule has 130 valence electrons. The summed E-state index contributed by atoms with van der Waals surface area (Å²) in [5.74, 6) is 0.551. The molecule has 2 amide bonds. The van der Waals surface area contributed by atoms with Crippen LogP contribution in [0.3, 0.4) is 0 Å². The van der Waals surface area contributed by atoms with Crippen LogP contribution in [0, 0.1) is 0 Å². The molecule has 0 aliphatic carbocycles. The number of carbonyl (C=O) groups is 2. The molecule has 0 radical (unpaired) electrons. The first kappa shape index (κ1) is 17.0. The minimum atomic E-state index is -0.482. The lowest BCUT2D eigenvalue weighted by Crippen LogP contribution is -2.42. The molecule has 25 heavy (non-hydrogen) atoms. The van der Waals surface area contributed by atoms with Gasteiger partial charge in [-0.15, -0.1) is 0 Å². The van der Waals surface area contributed by atoms with Crippen molar-refractivity contribution in [2.45, 2.75) is 25.9 Å². The van der Waals surface area contributed by atoms with E-state index < -0.39 is 6.10 Å². The van der Waals surface area contributed by atoms with E-state index in [2.05, 4.69) is 5.32 Å². The molecular weight excluding hydrogens is 316 g/mol. The second-order valence-corrected chi connectivity index (χ2v) is 6.22. The van der Waals surface area contributed by atoms with Crippen LogP contribution in [0.2, 0.25) is 0 Å². The predicted molar refractivity (Wildman–Crippen MR) is 96.8 cm³/mol. The minimum Gasteiger partial charge on any atom is -0.479 e. The number of rotatable bonds is 5. The van der Waals surface area contributed by atoms with E-state index in [0.717, 1.165) is 12.0 Å². The fraction of sp³-hybridized carbons (Fsp3) is 0.300. The molecule has 5 nitrogen and oxygen atoms in total. The first-order chi connectivity index (χ1) is 12.0. The fourth-order valence-electron chi connectivity index (χ4n) is 2.91. The van der Waals surface area contributed by atoms with Crippen molar-refractivity contribution in [3.05, 3.63) is 59.7 Å². The number of anilines is 1. The molecular formula is C20H22N2O3. The van der Waals surface area contributed by atoms with Gasteiger partial charge in [-0.25, -0.2) is 0 Å². The van der Waals surface area contributed by atoms with E-state index in [4.69, 9.17) is 4.74 Å². The van der Waals surface area contributed by atoms with Gasteiger partial charge >= 0.3 is 0 Å². The number of amides is 2. The zero-order chi connectivity index (χ0) is 17.8. The summed E-state index contributed by atoms with van der Waals surface area (Å²) in [6.45, 7) is 2.34. The van der Waals surface area contributed by atoms with Gasteiger partial charge in [-0.2, -0.15) is 0 Å². The van der Waals surface area contributed by atoms with Gasteiger partial charge in [-0.3, -0.25) is 9.59 Å². The van der Waals surface area contributed by atoms with Gasteiger partial charge < -0.3 is 15.0 Å². The van der Waals surface area contributed by atoms with Gasteiger partial charge in [0, 0.05) is 13.6 Å². The number of carbonyl (C=O) groups excluding carboxylic acids is 2. The van der Waals surface area contributed by atoms with Gasteiger partial charge in [0.15, 0.2) is 6.10 Å². The lowest BCUT2D eigenvalue weighted by atomic mass is 10.1. The average molecular weight is 338 g/mol. The molecule has 1 atom stereocenters. The molecule has 0 bridgehead atoms. The van der Waals surface area contributed by atoms with Gasteiger partial charge in [-0.1, -0.05) is 36.4 Å². The second-order valence-electron chi connectivity index (χ2n) is 6.22. The summed E-state index contributed by atoms with van der Waals surface area (Å²) in [6, 6.07) is 15.6. The van der Waals surface area contributed by atoms with E-state index in [1.165, 1.54) is 5.56 Å². The van der Waals surface area contributed by atoms with Crippen molar-refractivity contribution in [1.29, 1.82) is 0 Å². The summed E-state index contributed by atoms with van der Waals surface area (Å²) in [7, 11) is 1.73. The van der Waals surface area contributed by atoms with Crippen molar-refractivity contribution in [2.75, 3.05) is 18.5 Å². The zero-order valence-electron chi connectivity index (χ0n) is 14.5. The monoisotopic (exact) mass is 338 g/mol. The SMILES string of the molecule is CC1Oc2ccc(CC(=O)NCCc3ccccc3)cc2N(C)C1=O. The van der Waals surface area contributed by atoms with E-state index in [1.54, 1.807) is 18.9 Å². The van der Waals surface area contributed by atoms with Crippen molar-refractivity contribution in [3.63, 3.8) is 0 Å². The van der Waals surface area contributed by atoms with Crippen molar-refractivity contribution in [3.8, 4) is 5.75 Å². The average Bonchev–Trinajstić information content (AvgIpc) is 2.61. The molecule has 2 aromatic carbocycles. The maximum Gasteiger partial charge on any atom is 0.267 e. The van der Waals surface area contributed by atoms with E-state index in [9.17, 15) is 9.59 Å². The largest absolute Gasteiger partial charge is 0.479 e. The van der Waals surface area contributed by atoms with Gasteiger partial charge in [-0.05, 0) is 36.6 Å². The van der Waals surface area contributed by atoms with Gasteiger partial charge in [0.2, 0.25) is 5.91 Å². The van der Waals surface area contributed by atoms with Crippen LogP contribution in [0.5, 0.6) is 5.75 Å². The van der Waals surface area contributed by atoms with Crippen LogP contribution in [-0.4, -0.2) is 31.5 Å². The van der Waals surface area contributed by atoms with E-state index >= 15 is 0 Å².